The molecule has 0 saturated heterocycles. The van der Waals surface area contributed by atoms with Gasteiger partial charge in [-0.25, -0.2) is 0 Å². The number of rotatable bonds is 38. The van der Waals surface area contributed by atoms with Gasteiger partial charge in [-0.15, -0.1) is 0 Å². The molecular formula is C44H83N. The van der Waals surface area contributed by atoms with E-state index in [1.807, 2.05) is 12.4 Å². The van der Waals surface area contributed by atoms with Crippen LogP contribution in [0.25, 0.3) is 0 Å². The zero-order valence-electron chi connectivity index (χ0n) is 31.2. The largest absolute Gasteiger partial charge is 0.368 e. The first-order valence-corrected chi connectivity index (χ1v) is 20.8. The van der Waals surface area contributed by atoms with E-state index in [1.165, 1.54) is 218 Å². The Kier molecular flexibility index (Phi) is 41.6. The van der Waals surface area contributed by atoms with Crippen LogP contribution in [0.5, 0.6) is 0 Å². The molecule has 0 rings (SSSR count). The molecule has 0 saturated carbocycles. The molecule has 0 heterocycles. The fourth-order valence-corrected chi connectivity index (χ4v) is 6.25. The van der Waals surface area contributed by atoms with E-state index in [-0.39, 0.29) is 0 Å². The van der Waals surface area contributed by atoms with Crippen molar-refractivity contribution in [3.8, 4) is 0 Å². The van der Waals surface area contributed by atoms with E-state index in [9.17, 15) is 0 Å². The number of unbranched alkanes of at least 4 members (excludes halogenated alkanes) is 32. The van der Waals surface area contributed by atoms with E-state index in [2.05, 4.69) is 55.6 Å². The third kappa shape index (κ3) is 42.8. The average Bonchev–Trinajstić information content (AvgIpc) is 3.05. The molecule has 1 nitrogen and oxygen atoms in total. The second kappa shape index (κ2) is 42.8. The van der Waals surface area contributed by atoms with Crippen LogP contribution in [-0.4, -0.2) is 0 Å². The van der Waals surface area contributed by atoms with E-state index >= 15 is 0 Å². The van der Waals surface area contributed by atoms with Gasteiger partial charge in [-0.1, -0.05) is 231 Å². The highest BCUT2D eigenvalue weighted by Crippen LogP contribution is 2.15. The number of hydrogen-bond donors (Lipinski definition) is 1. The minimum atomic E-state index is 1.21. The van der Waals surface area contributed by atoms with Gasteiger partial charge in [0.05, 0.1) is 0 Å². The first kappa shape index (κ1) is 43.8. The van der Waals surface area contributed by atoms with Crippen LogP contribution in [-0.2, 0) is 0 Å². The molecule has 0 aliphatic rings. The Morgan fingerprint density at radius 3 is 0.733 bits per heavy atom. The Hall–Kier alpha value is -1.24. The van der Waals surface area contributed by atoms with Crippen LogP contribution in [0.1, 0.15) is 232 Å². The van der Waals surface area contributed by atoms with E-state index in [4.69, 9.17) is 0 Å². The summed E-state index contributed by atoms with van der Waals surface area (Å²) in [6.45, 7) is 4.60. The van der Waals surface area contributed by atoms with Crippen molar-refractivity contribution in [2.45, 2.75) is 232 Å². The number of hydrogen-bond acceptors (Lipinski definition) is 1. The Labute approximate surface area is 285 Å². The maximum atomic E-state index is 3.24. The van der Waals surface area contributed by atoms with Gasteiger partial charge in [-0.3, -0.25) is 0 Å². The Balaban J connectivity index is 3.26. The van der Waals surface area contributed by atoms with Crippen molar-refractivity contribution < 1.29 is 0 Å². The minimum absolute atomic E-state index is 1.21. The Morgan fingerprint density at radius 2 is 0.489 bits per heavy atom. The summed E-state index contributed by atoms with van der Waals surface area (Å²) >= 11 is 0. The van der Waals surface area contributed by atoms with Crippen molar-refractivity contribution in [2.24, 2.45) is 0 Å². The van der Waals surface area contributed by atoms with Gasteiger partial charge in [0.1, 0.15) is 0 Å². The van der Waals surface area contributed by atoms with Crippen LogP contribution < -0.4 is 5.32 Å². The standard InChI is InChI=1S/C44H83N/c1-3-5-7-9-11-13-15-17-19-21-23-25-27-29-31-33-35-37-39-41-43-45-44-42-40-38-36-34-32-30-28-26-24-22-20-18-16-14-12-10-8-6-4-2/h37-45H,3-36H2,1-2H3. The molecule has 0 unspecified atom stereocenters. The van der Waals surface area contributed by atoms with Gasteiger partial charge in [0.2, 0.25) is 0 Å². The van der Waals surface area contributed by atoms with E-state index < -0.39 is 0 Å². The first-order chi connectivity index (χ1) is 22.4. The van der Waals surface area contributed by atoms with Crippen molar-refractivity contribution >= 4 is 0 Å². The monoisotopic (exact) mass is 626 g/mol. The van der Waals surface area contributed by atoms with E-state index in [0.717, 1.165) is 0 Å². The maximum absolute atomic E-state index is 3.24. The fourth-order valence-electron chi connectivity index (χ4n) is 6.25. The fraction of sp³-hybridized carbons (Fsp3) is 0.818. The van der Waals surface area contributed by atoms with Gasteiger partial charge in [-0.2, -0.15) is 0 Å². The van der Waals surface area contributed by atoms with Gasteiger partial charge in [0, 0.05) is 12.4 Å². The summed E-state index contributed by atoms with van der Waals surface area (Å²) in [5.41, 5.74) is 0. The Morgan fingerprint density at radius 1 is 0.267 bits per heavy atom. The van der Waals surface area contributed by atoms with Crippen LogP contribution in [0.4, 0.5) is 0 Å². The normalized spacial score (nSPS) is 12.2. The van der Waals surface area contributed by atoms with Crippen molar-refractivity contribution in [2.75, 3.05) is 0 Å². The predicted molar refractivity (Wildman–Crippen MR) is 208 cm³/mol. The molecule has 1 heteroatoms. The van der Waals surface area contributed by atoms with Crippen molar-refractivity contribution in [1.82, 2.24) is 5.32 Å². The average molecular weight is 626 g/mol. The first-order valence-electron chi connectivity index (χ1n) is 20.8. The molecule has 0 atom stereocenters. The highest BCUT2D eigenvalue weighted by Gasteiger charge is 1.96. The predicted octanol–water partition coefficient (Wildman–Crippen LogP) is 16.0. The van der Waals surface area contributed by atoms with Crippen LogP contribution >= 0.6 is 0 Å². The molecule has 1 N–H and O–H groups in total. The van der Waals surface area contributed by atoms with Crippen molar-refractivity contribution in [3.05, 3.63) is 48.9 Å². The SMILES string of the molecule is CCCCCCCCCCCCCCCCCCC=CC=CNC=CC=CCCCCCCCCCCCCCCCCCC. The topological polar surface area (TPSA) is 12.0 Å². The maximum Gasteiger partial charge on any atom is 0.000431 e. The smallest absolute Gasteiger partial charge is 0.000431 e. The van der Waals surface area contributed by atoms with E-state index in [0.29, 0.717) is 0 Å². The molecule has 0 aromatic carbocycles. The summed E-state index contributed by atoms with van der Waals surface area (Å²) in [6.07, 6.45) is 65.7. The lowest BCUT2D eigenvalue weighted by molar-refractivity contribution is 0.530. The molecule has 0 fully saturated rings. The second-order valence-corrected chi connectivity index (χ2v) is 13.9. The summed E-state index contributed by atoms with van der Waals surface area (Å²) in [4.78, 5) is 0. The van der Waals surface area contributed by atoms with Crippen LogP contribution in [0, 0.1) is 0 Å². The summed E-state index contributed by atoms with van der Waals surface area (Å²) in [5.74, 6) is 0. The quantitative estimate of drug-likeness (QED) is 0.0531. The lowest BCUT2D eigenvalue weighted by atomic mass is 10.0. The number of allylic oxidation sites excluding steroid dienone is 6. The highest BCUT2D eigenvalue weighted by molar-refractivity contribution is 5.06. The minimum Gasteiger partial charge on any atom is -0.368 e. The van der Waals surface area contributed by atoms with Crippen LogP contribution in [0.3, 0.4) is 0 Å². The third-order valence-electron chi connectivity index (χ3n) is 9.33. The molecule has 0 aliphatic carbocycles. The molecular weight excluding hydrogens is 542 g/mol. The second-order valence-electron chi connectivity index (χ2n) is 13.9. The van der Waals surface area contributed by atoms with Crippen molar-refractivity contribution in [1.29, 1.82) is 0 Å². The zero-order chi connectivity index (χ0) is 32.4. The summed E-state index contributed by atoms with van der Waals surface area (Å²) in [7, 11) is 0. The van der Waals surface area contributed by atoms with Gasteiger partial charge in [-0.05, 0) is 37.8 Å². The summed E-state index contributed by atoms with van der Waals surface area (Å²) < 4.78 is 0. The van der Waals surface area contributed by atoms with Crippen molar-refractivity contribution in [3.63, 3.8) is 0 Å². The molecule has 0 spiro atoms. The lowest BCUT2D eigenvalue weighted by Gasteiger charge is -2.03. The van der Waals surface area contributed by atoms with Gasteiger partial charge >= 0.3 is 0 Å². The van der Waals surface area contributed by atoms with Gasteiger partial charge in [0.25, 0.3) is 0 Å². The molecule has 264 valence electrons. The Bertz CT molecular complexity index is 573. The molecule has 0 aliphatic heterocycles. The summed E-state index contributed by atoms with van der Waals surface area (Å²) in [6, 6.07) is 0. The van der Waals surface area contributed by atoms with Gasteiger partial charge < -0.3 is 5.32 Å². The zero-order valence-corrected chi connectivity index (χ0v) is 31.2. The van der Waals surface area contributed by atoms with Crippen LogP contribution in [0.15, 0.2) is 48.9 Å². The molecule has 0 amide bonds. The third-order valence-corrected chi connectivity index (χ3v) is 9.33. The molecule has 0 aromatic rings. The molecule has 0 aromatic heterocycles. The number of nitrogens with one attached hydrogen (secondary N) is 1. The van der Waals surface area contributed by atoms with Crippen LogP contribution in [0.2, 0.25) is 0 Å². The van der Waals surface area contributed by atoms with E-state index in [1.54, 1.807) is 0 Å². The molecule has 0 radical (unpaired) electrons. The highest BCUT2D eigenvalue weighted by atomic mass is 14.8. The lowest BCUT2D eigenvalue weighted by Crippen LogP contribution is -1.89. The molecule has 0 bridgehead atoms. The van der Waals surface area contributed by atoms with Gasteiger partial charge in [0.15, 0.2) is 0 Å². The molecule has 45 heavy (non-hydrogen) atoms. The summed E-state index contributed by atoms with van der Waals surface area (Å²) in [5, 5.41) is 3.24.